The van der Waals surface area contributed by atoms with Crippen LogP contribution in [0, 0.1) is 12.7 Å². The topological polar surface area (TPSA) is 90.5 Å². The summed E-state index contributed by atoms with van der Waals surface area (Å²) in [6.07, 6.45) is 3.95. The number of rotatable bonds is 4. The highest BCUT2D eigenvalue weighted by Crippen LogP contribution is 2.32. The Morgan fingerprint density at radius 3 is 2.72 bits per heavy atom. The summed E-state index contributed by atoms with van der Waals surface area (Å²) in [6.45, 7) is 1.60. The van der Waals surface area contributed by atoms with E-state index in [1.54, 1.807) is 13.0 Å². The molecule has 8 heteroatoms. The van der Waals surface area contributed by atoms with Crippen molar-refractivity contribution in [3.8, 4) is 0 Å². The number of anilines is 1. The van der Waals surface area contributed by atoms with E-state index < -0.39 is 29.2 Å². The molecule has 0 radical (unpaired) electrons. The highest BCUT2D eigenvalue weighted by Gasteiger charge is 2.52. The van der Waals surface area contributed by atoms with Crippen LogP contribution in [0.25, 0.3) is 0 Å². The average Bonchev–Trinajstić information content (AvgIpc) is 2.80. The van der Waals surface area contributed by atoms with Gasteiger partial charge in [-0.3, -0.25) is 15.0 Å². The number of benzene rings is 1. The molecule has 3 rings (SSSR count). The number of carbonyl (C=O) groups excluding carboxylic acids is 3. The van der Waals surface area contributed by atoms with Crippen LogP contribution in [-0.4, -0.2) is 34.9 Å². The van der Waals surface area contributed by atoms with Gasteiger partial charge in [0.2, 0.25) is 0 Å². The third kappa shape index (κ3) is 3.42. The molecule has 2 fully saturated rings. The van der Waals surface area contributed by atoms with E-state index >= 15 is 0 Å². The minimum atomic E-state index is -0.880. The first-order valence-corrected chi connectivity index (χ1v) is 8.37. The van der Waals surface area contributed by atoms with Crippen LogP contribution in [0.2, 0.25) is 0 Å². The molecule has 7 nitrogen and oxygen atoms in total. The molecule has 25 heavy (non-hydrogen) atoms. The molecule has 3 N–H and O–H groups in total. The van der Waals surface area contributed by atoms with E-state index in [1.165, 1.54) is 12.1 Å². The molecule has 1 aliphatic carbocycles. The number of hydrogen-bond acceptors (Lipinski definition) is 4. The van der Waals surface area contributed by atoms with Gasteiger partial charge in [0, 0.05) is 5.69 Å². The van der Waals surface area contributed by atoms with E-state index in [0.717, 1.165) is 29.8 Å². The van der Waals surface area contributed by atoms with Crippen molar-refractivity contribution >= 4 is 23.5 Å². The maximum atomic E-state index is 13.3. The molecule has 0 atom stereocenters. The number of aryl methyl sites for hydroxylation is 1. The largest absolute Gasteiger partial charge is 0.376 e. The fraction of sp³-hybridized carbons (Fsp3) is 0.471. The number of amides is 4. The number of halogens is 1. The van der Waals surface area contributed by atoms with Crippen LogP contribution in [0.1, 0.15) is 37.7 Å². The molecule has 0 bridgehead atoms. The van der Waals surface area contributed by atoms with Gasteiger partial charge in [0.1, 0.15) is 11.4 Å². The van der Waals surface area contributed by atoms with Gasteiger partial charge in [0.05, 0.1) is 6.54 Å². The molecule has 1 spiro atoms. The van der Waals surface area contributed by atoms with Crippen molar-refractivity contribution in [1.29, 1.82) is 0 Å². The molecule has 134 valence electrons. The molecule has 1 aliphatic heterocycles. The SMILES string of the molecule is Cc1ccc(F)cc1NCC(=O)NN1C(=O)NC2(CCCCC2)C1=O. The van der Waals surface area contributed by atoms with Crippen molar-refractivity contribution in [2.24, 2.45) is 0 Å². The molecule has 1 heterocycles. The zero-order chi connectivity index (χ0) is 18.0. The van der Waals surface area contributed by atoms with Gasteiger partial charge in [-0.25, -0.2) is 9.18 Å². The van der Waals surface area contributed by atoms with E-state index in [4.69, 9.17) is 0 Å². The van der Waals surface area contributed by atoms with Crippen LogP contribution in [0.15, 0.2) is 18.2 Å². The average molecular weight is 348 g/mol. The lowest BCUT2D eigenvalue weighted by Crippen LogP contribution is -2.51. The summed E-state index contributed by atoms with van der Waals surface area (Å²) in [4.78, 5) is 36.7. The van der Waals surface area contributed by atoms with Crippen LogP contribution in [0.5, 0.6) is 0 Å². The molecule has 1 saturated carbocycles. The van der Waals surface area contributed by atoms with E-state index in [0.29, 0.717) is 18.5 Å². The van der Waals surface area contributed by atoms with Gasteiger partial charge in [-0.2, -0.15) is 5.01 Å². The second-order valence-corrected chi connectivity index (χ2v) is 6.56. The van der Waals surface area contributed by atoms with E-state index in [-0.39, 0.29) is 6.54 Å². The molecule has 0 unspecified atom stereocenters. The van der Waals surface area contributed by atoms with Gasteiger partial charge in [0.25, 0.3) is 11.8 Å². The van der Waals surface area contributed by atoms with Gasteiger partial charge in [-0.05, 0) is 37.5 Å². The highest BCUT2D eigenvalue weighted by molar-refractivity contribution is 6.08. The lowest BCUT2D eigenvalue weighted by Gasteiger charge is -2.30. The minimum absolute atomic E-state index is 0.186. The first kappa shape index (κ1) is 17.2. The van der Waals surface area contributed by atoms with Crippen LogP contribution < -0.4 is 16.1 Å². The lowest BCUT2D eigenvalue weighted by atomic mass is 9.82. The van der Waals surface area contributed by atoms with Crippen LogP contribution >= 0.6 is 0 Å². The first-order chi connectivity index (χ1) is 11.9. The monoisotopic (exact) mass is 348 g/mol. The van der Waals surface area contributed by atoms with Crippen LogP contribution in [0.4, 0.5) is 14.9 Å². The first-order valence-electron chi connectivity index (χ1n) is 8.37. The Morgan fingerprint density at radius 1 is 1.28 bits per heavy atom. The number of hydrogen-bond donors (Lipinski definition) is 3. The summed E-state index contributed by atoms with van der Waals surface area (Å²) in [5, 5.41) is 6.28. The number of urea groups is 1. The summed E-state index contributed by atoms with van der Waals surface area (Å²) in [5.41, 5.74) is 2.72. The summed E-state index contributed by atoms with van der Waals surface area (Å²) in [5.74, 6) is -1.38. The molecular formula is C17H21FN4O3. The predicted octanol–water partition coefficient (Wildman–Crippen LogP) is 1.83. The van der Waals surface area contributed by atoms with Gasteiger partial charge in [0.15, 0.2) is 0 Å². The fourth-order valence-electron chi connectivity index (χ4n) is 3.34. The van der Waals surface area contributed by atoms with Crippen molar-refractivity contribution in [2.45, 2.75) is 44.6 Å². The van der Waals surface area contributed by atoms with Gasteiger partial charge < -0.3 is 10.6 Å². The van der Waals surface area contributed by atoms with Gasteiger partial charge in [-0.1, -0.05) is 25.3 Å². The van der Waals surface area contributed by atoms with E-state index in [9.17, 15) is 18.8 Å². The normalized spacial score (nSPS) is 19.0. The molecule has 1 aromatic carbocycles. The number of hydrazine groups is 1. The fourth-order valence-corrected chi connectivity index (χ4v) is 3.34. The molecule has 4 amide bonds. The Labute approximate surface area is 144 Å². The third-order valence-corrected chi connectivity index (χ3v) is 4.74. The van der Waals surface area contributed by atoms with Crippen molar-refractivity contribution in [1.82, 2.24) is 15.8 Å². The zero-order valence-corrected chi connectivity index (χ0v) is 14.0. The van der Waals surface area contributed by atoms with E-state index in [1.807, 2.05) is 0 Å². The Balaban J connectivity index is 1.60. The zero-order valence-electron chi connectivity index (χ0n) is 14.0. The minimum Gasteiger partial charge on any atom is -0.376 e. The van der Waals surface area contributed by atoms with Crippen molar-refractivity contribution in [2.75, 3.05) is 11.9 Å². The lowest BCUT2D eigenvalue weighted by molar-refractivity contribution is -0.139. The van der Waals surface area contributed by atoms with Gasteiger partial charge in [-0.15, -0.1) is 0 Å². The highest BCUT2D eigenvalue weighted by atomic mass is 19.1. The Hall–Kier alpha value is -2.64. The van der Waals surface area contributed by atoms with E-state index in [2.05, 4.69) is 16.1 Å². The van der Waals surface area contributed by atoms with Crippen molar-refractivity contribution in [3.05, 3.63) is 29.6 Å². The number of nitrogens with one attached hydrogen (secondary N) is 3. The quantitative estimate of drug-likeness (QED) is 0.724. The molecular weight excluding hydrogens is 327 g/mol. The van der Waals surface area contributed by atoms with Gasteiger partial charge >= 0.3 is 6.03 Å². The Morgan fingerprint density at radius 2 is 2.00 bits per heavy atom. The summed E-state index contributed by atoms with van der Waals surface area (Å²) in [6, 6.07) is 3.60. The Kier molecular flexibility index (Phi) is 4.61. The second-order valence-electron chi connectivity index (χ2n) is 6.56. The molecule has 1 saturated heterocycles. The number of carbonyl (C=O) groups is 3. The third-order valence-electron chi connectivity index (χ3n) is 4.74. The maximum absolute atomic E-state index is 13.3. The summed E-state index contributed by atoms with van der Waals surface area (Å²) < 4.78 is 13.3. The number of nitrogens with zero attached hydrogens (tertiary/aromatic N) is 1. The van der Waals surface area contributed by atoms with Crippen molar-refractivity contribution in [3.63, 3.8) is 0 Å². The smallest absolute Gasteiger partial charge is 0.344 e. The molecule has 0 aromatic heterocycles. The second kappa shape index (κ2) is 6.70. The van der Waals surface area contributed by atoms with Crippen LogP contribution in [-0.2, 0) is 9.59 Å². The molecule has 2 aliphatic rings. The number of imide groups is 1. The van der Waals surface area contributed by atoms with Crippen LogP contribution in [0.3, 0.4) is 0 Å². The maximum Gasteiger partial charge on any atom is 0.344 e. The van der Waals surface area contributed by atoms with Crippen molar-refractivity contribution < 1.29 is 18.8 Å². The summed E-state index contributed by atoms with van der Waals surface area (Å²) in [7, 11) is 0. The molecule has 1 aromatic rings. The predicted molar refractivity (Wildman–Crippen MR) is 89.0 cm³/mol. The standard InChI is InChI=1S/C17H21FN4O3/c1-11-5-6-12(18)9-13(11)19-10-14(23)21-22-15(24)17(20-16(22)25)7-3-2-4-8-17/h5-6,9,19H,2-4,7-8,10H2,1H3,(H,20,25)(H,21,23). The summed E-state index contributed by atoms with van der Waals surface area (Å²) >= 11 is 0. The Bertz CT molecular complexity index is 716.